The highest BCUT2D eigenvalue weighted by Crippen LogP contribution is 2.30. The average molecular weight is 378 g/mol. The quantitative estimate of drug-likeness (QED) is 0.446. The molecule has 27 heavy (non-hydrogen) atoms. The molecule has 0 aliphatic carbocycles. The smallest absolute Gasteiger partial charge is 0.190 e. The van der Waals surface area contributed by atoms with Gasteiger partial charge in [-0.25, -0.2) is 4.99 Å². The maximum absolute atomic E-state index is 6.11. The van der Waals surface area contributed by atoms with Gasteiger partial charge in [-0.05, 0) is 43.7 Å². The molecule has 4 rings (SSSR count). The second kappa shape index (κ2) is 7.55. The zero-order valence-electron chi connectivity index (χ0n) is 15.7. The number of ether oxygens (including phenoxy) is 1. The zero-order chi connectivity index (χ0) is 18.8. The van der Waals surface area contributed by atoms with Crippen molar-refractivity contribution >= 4 is 28.0 Å². The molecule has 5 heteroatoms. The van der Waals surface area contributed by atoms with Crippen molar-refractivity contribution in [1.82, 2.24) is 4.57 Å². The van der Waals surface area contributed by atoms with Crippen LogP contribution in [0.2, 0.25) is 0 Å². The fraction of sp³-hybridized carbons (Fsp3) is 0.227. The maximum Gasteiger partial charge on any atom is 0.190 e. The number of methoxy groups -OCH3 is 1. The molecule has 1 unspecified atom stereocenters. The second-order valence-corrected chi connectivity index (χ2v) is 7.51. The molecule has 0 N–H and O–H groups in total. The first kappa shape index (κ1) is 17.8. The van der Waals surface area contributed by atoms with Crippen LogP contribution in [0.4, 0.5) is 5.69 Å². The van der Waals surface area contributed by atoms with Crippen molar-refractivity contribution in [2.45, 2.75) is 19.9 Å². The molecule has 2 heterocycles. The Balaban J connectivity index is 1.88. The van der Waals surface area contributed by atoms with Crippen molar-refractivity contribution in [2.24, 2.45) is 4.99 Å². The van der Waals surface area contributed by atoms with E-state index in [9.17, 15) is 0 Å². The van der Waals surface area contributed by atoms with Crippen molar-refractivity contribution in [3.05, 3.63) is 70.3 Å². The zero-order valence-corrected chi connectivity index (χ0v) is 16.5. The lowest BCUT2D eigenvalue weighted by molar-refractivity contribution is 0.161. The Morgan fingerprint density at radius 2 is 2.00 bits per heavy atom. The predicted octanol–water partition coefficient (Wildman–Crippen LogP) is 5.71. The van der Waals surface area contributed by atoms with Crippen LogP contribution in [0.3, 0.4) is 0 Å². The van der Waals surface area contributed by atoms with Crippen LogP contribution in [-0.4, -0.2) is 18.3 Å². The Bertz CT molecular complexity index is 1100. The lowest BCUT2D eigenvalue weighted by Gasteiger charge is -2.15. The first-order valence-corrected chi connectivity index (χ1v) is 9.83. The summed E-state index contributed by atoms with van der Waals surface area (Å²) < 4.78 is 13.7. The molecule has 0 radical (unpaired) electrons. The molecule has 0 spiro atoms. The number of benzene rings is 2. The maximum atomic E-state index is 6.11. The molecular weight excluding hydrogens is 356 g/mol. The number of thiazole rings is 1. The van der Waals surface area contributed by atoms with E-state index in [2.05, 4.69) is 48.1 Å². The summed E-state index contributed by atoms with van der Waals surface area (Å²) in [5, 5.41) is 3.21. The van der Waals surface area contributed by atoms with Gasteiger partial charge < -0.3 is 13.7 Å². The number of nitrogens with zero attached hydrogens (tertiary/aromatic N) is 2. The minimum atomic E-state index is 0.132. The summed E-state index contributed by atoms with van der Waals surface area (Å²) in [6, 6.07) is 18.5. The third-order valence-corrected chi connectivity index (χ3v) is 5.33. The molecule has 0 bridgehead atoms. The monoisotopic (exact) mass is 378 g/mol. The highest BCUT2D eigenvalue weighted by Gasteiger charge is 2.17. The summed E-state index contributed by atoms with van der Waals surface area (Å²) in [6.07, 6.45) is 0. The number of fused-ring (bicyclic) bond motifs is 1. The van der Waals surface area contributed by atoms with Crippen molar-refractivity contribution in [1.29, 1.82) is 0 Å². The first-order valence-electron chi connectivity index (χ1n) is 8.95. The van der Waals surface area contributed by atoms with Gasteiger partial charge in [-0.15, -0.1) is 11.3 Å². The van der Waals surface area contributed by atoms with E-state index in [1.165, 1.54) is 5.56 Å². The van der Waals surface area contributed by atoms with Crippen LogP contribution in [0.15, 0.2) is 69.4 Å². The fourth-order valence-electron chi connectivity index (χ4n) is 3.24. The summed E-state index contributed by atoms with van der Waals surface area (Å²) in [5.41, 5.74) is 4.06. The summed E-state index contributed by atoms with van der Waals surface area (Å²) in [7, 11) is 1.72. The fourth-order valence-corrected chi connectivity index (χ4v) is 4.24. The molecule has 2 aromatic carbocycles. The molecule has 0 saturated heterocycles. The van der Waals surface area contributed by atoms with Gasteiger partial charge >= 0.3 is 0 Å². The SMILES string of the molecule is COCC(C)n1c(-c2cc3ccccc3o2)csc1=Nc1cccc(C)c1. The Morgan fingerprint density at radius 3 is 2.78 bits per heavy atom. The van der Waals surface area contributed by atoms with Crippen LogP contribution < -0.4 is 4.80 Å². The molecule has 0 saturated carbocycles. The van der Waals surface area contributed by atoms with Crippen LogP contribution in [-0.2, 0) is 4.74 Å². The molecule has 0 aliphatic rings. The van der Waals surface area contributed by atoms with E-state index >= 15 is 0 Å². The van der Waals surface area contributed by atoms with Gasteiger partial charge in [0, 0.05) is 17.9 Å². The van der Waals surface area contributed by atoms with E-state index < -0.39 is 0 Å². The van der Waals surface area contributed by atoms with E-state index in [1.54, 1.807) is 18.4 Å². The number of para-hydroxylation sites is 1. The lowest BCUT2D eigenvalue weighted by atomic mass is 10.2. The molecule has 0 fully saturated rings. The number of aromatic nitrogens is 1. The van der Waals surface area contributed by atoms with Gasteiger partial charge in [-0.3, -0.25) is 0 Å². The van der Waals surface area contributed by atoms with Crippen molar-refractivity contribution < 1.29 is 9.15 Å². The highest BCUT2D eigenvalue weighted by molar-refractivity contribution is 7.07. The normalized spacial score (nSPS) is 13.4. The van der Waals surface area contributed by atoms with Crippen LogP contribution in [0.1, 0.15) is 18.5 Å². The molecule has 0 amide bonds. The van der Waals surface area contributed by atoms with Crippen molar-refractivity contribution in [2.75, 3.05) is 13.7 Å². The van der Waals surface area contributed by atoms with Gasteiger partial charge in [-0.2, -0.15) is 0 Å². The molecule has 0 aliphatic heterocycles. The van der Waals surface area contributed by atoms with Crippen molar-refractivity contribution in [3.8, 4) is 11.5 Å². The number of rotatable bonds is 5. The average Bonchev–Trinajstić information content (AvgIpc) is 3.25. The van der Waals surface area contributed by atoms with Gasteiger partial charge in [0.25, 0.3) is 0 Å². The Labute approximate surface area is 162 Å². The lowest BCUT2D eigenvalue weighted by Crippen LogP contribution is -2.22. The highest BCUT2D eigenvalue weighted by atomic mass is 32.1. The molecule has 4 nitrogen and oxygen atoms in total. The topological polar surface area (TPSA) is 39.7 Å². The van der Waals surface area contributed by atoms with Crippen LogP contribution in [0, 0.1) is 6.92 Å². The predicted molar refractivity (Wildman–Crippen MR) is 111 cm³/mol. The number of furan rings is 1. The van der Waals surface area contributed by atoms with E-state index in [1.807, 2.05) is 30.3 Å². The minimum Gasteiger partial charge on any atom is -0.454 e. The number of hydrogen-bond donors (Lipinski definition) is 0. The molecule has 4 aromatic rings. The molecule has 138 valence electrons. The van der Waals surface area contributed by atoms with Crippen LogP contribution >= 0.6 is 11.3 Å². The Kier molecular flexibility index (Phi) is 4.97. The van der Waals surface area contributed by atoms with Gasteiger partial charge in [0.1, 0.15) is 5.58 Å². The summed E-state index contributed by atoms with van der Waals surface area (Å²) in [6.45, 7) is 4.82. The van der Waals surface area contributed by atoms with E-state index in [-0.39, 0.29) is 6.04 Å². The number of aryl methyl sites for hydroxylation is 1. The number of hydrogen-bond acceptors (Lipinski definition) is 4. The largest absolute Gasteiger partial charge is 0.454 e. The van der Waals surface area contributed by atoms with Gasteiger partial charge in [0.05, 0.1) is 24.0 Å². The second-order valence-electron chi connectivity index (χ2n) is 6.68. The first-order chi connectivity index (χ1) is 13.2. The van der Waals surface area contributed by atoms with E-state index in [4.69, 9.17) is 14.1 Å². The van der Waals surface area contributed by atoms with Crippen molar-refractivity contribution in [3.63, 3.8) is 0 Å². The molecule has 2 aromatic heterocycles. The Morgan fingerprint density at radius 1 is 1.15 bits per heavy atom. The molecular formula is C22H22N2O2S. The summed E-state index contributed by atoms with van der Waals surface area (Å²) in [5.74, 6) is 0.848. The molecule has 1 atom stereocenters. The third-order valence-electron chi connectivity index (χ3n) is 4.49. The summed E-state index contributed by atoms with van der Waals surface area (Å²) >= 11 is 1.62. The standard InChI is InChI=1S/C22H22N2O2S/c1-15-7-6-9-18(11-15)23-22-24(16(2)13-25-3)19(14-27-22)21-12-17-8-4-5-10-20(17)26-21/h4-12,14,16H,13H2,1-3H3. The Hall–Kier alpha value is -2.63. The van der Waals surface area contributed by atoms with Gasteiger partial charge in [0.15, 0.2) is 10.6 Å². The third kappa shape index (κ3) is 3.61. The van der Waals surface area contributed by atoms with Crippen LogP contribution in [0.5, 0.6) is 0 Å². The van der Waals surface area contributed by atoms with Gasteiger partial charge in [0.2, 0.25) is 0 Å². The van der Waals surface area contributed by atoms with E-state index in [0.29, 0.717) is 6.61 Å². The van der Waals surface area contributed by atoms with E-state index in [0.717, 1.165) is 32.9 Å². The minimum absolute atomic E-state index is 0.132. The van der Waals surface area contributed by atoms with Gasteiger partial charge in [-0.1, -0.05) is 30.3 Å². The summed E-state index contributed by atoms with van der Waals surface area (Å²) in [4.78, 5) is 5.82. The van der Waals surface area contributed by atoms with Crippen LogP contribution in [0.25, 0.3) is 22.4 Å².